The number of morpholine rings is 1. The average Bonchev–Trinajstić information content (AvgIpc) is 2.67. The fraction of sp³-hybridized carbons (Fsp3) is 0.333. The second kappa shape index (κ2) is 8.65. The zero-order valence-corrected chi connectivity index (χ0v) is 16.2. The Kier molecular flexibility index (Phi) is 6.22. The molecule has 3 rings (SSSR count). The van der Waals surface area contributed by atoms with Gasteiger partial charge >= 0.3 is 6.36 Å². The second-order valence-corrected chi connectivity index (χ2v) is 6.69. The number of anilines is 1. The summed E-state index contributed by atoms with van der Waals surface area (Å²) in [7, 11) is 0. The largest absolute Gasteiger partial charge is 0.573 e. The van der Waals surface area contributed by atoms with E-state index in [0.29, 0.717) is 18.9 Å². The van der Waals surface area contributed by atoms with Crippen LogP contribution in [0.2, 0.25) is 0 Å². The molecule has 0 aromatic heterocycles. The van der Waals surface area contributed by atoms with Gasteiger partial charge in [0.25, 0.3) is 0 Å². The second-order valence-electron chi connectivity index (χ2n) is 6.69. The quantitative estimate of drug-likeness (QED) is 0.599. The number of ether oxygens (including phenoxy) is 2. The van der Waals surface area contributed by atoms with Gasteiger partial charge in [-0.1, -0.05) is 18.2 Å². The van der Waals surface area contributed by atoms with Crippen LogP contribution in [-0.2, 0) is 4.74 Å². The van der Waals surface area contributed by atoms with Crippen LogP contribution in [0.1, 0.15) is 23.6 Å². The molecule has 2 aromatic rings. The van der Waals surface area contributed by atoms with Crippen molar-refractivity contribution in [2.45, 2.75) is 20.2 Å². The van der Waals surface area contributed by atoms with Gasteiger partial charge in [-0.05, 0) is 49.2 Å². The number of alkyl halides is 3. The molecule has 0 amide bonds. The van der Waals surface area contributed by atoms with Crippen molar-refractivity contribution in [2.24, 2.45) is 4.99 Å². The molecule has 1 N–H and O–H groups in total. The number of hydrogen-bond acceptors (Lipinski definition) is 4. The van der Waals surface area contributed by atoms with E-state index in [4.69, 9.17) is 10.1 Å². The van der Waals surface area contributed by atoms with E-state index >= 15 is 0 Å². The minimum Gasteiger partial charge on any atom is -0.405 e. The number of benzene rings is 2. The average molecular weight is 405 g/mol. The summed E-state index contributed by atoms with van der Waals surface area (Å²) in [5.74, 6) is -0.738. The zero-order chi connectivity index (χ0) is 21.0. The molecule has 29 heavy (non-hydrogen) atoms. The number of halogens is 3. The van der Waals surface area contributed by atoms with Crippen LogP contribution in [0.5, 0.6) is 5.75 Å². The molecular weight excluding hydrogens is 383 g/mol. The highest BCUT2D eigenvalue weighted by Gasteiger charge is 2.32. The molecule has 1 aliphatic heterocycles. The van der Waals surface area contributed by atoms with Crippen molar-refractivity contribution in [1.82, 2.24) is 0 Å². The van der Waals surface area contributed by atoms with Gasteiger partial charge in [0.1, 0.15) is 5.75 Å². The van der Waals surface area contributed by atoms with Crippen LogP contribution in [0.3, 0.4) is 0 Å². The van der Waals surface area contributed by atoms with Gasteiger partial charge in [0.15, 0.2) is 5.84 Å². The van der Waals surface area contributed by atoms with Gasteiger partial charge in [-0.2, -0.15) is 0 Å². The van der Waals surface area contributed by atoms with E-state index in [1.807, 2.05) is 25.1 Å². The Morgan fingerprint density at radius 2 is 1.83 bits per heavy atom. The minimum absolute atomic E-state index is 0.0224. The fourth-order valence-electron chi connectivity index (χ4n) is 3.21. The molecule has 5 nitrogen and oxygen atoms in total. The smallest absolute Gasteiger partial charge is 0.405 e. The number of nitrogens with one attached hydrogen (secondary N) is 1. The molecule has 0 radical (unpaired) electrons. The van der Waals surface area contributed by atoms with Crippen molar-refractivity contribution in [1.29, 1.82) is 5.41 Å². The molecular formula is C21H22F3N3O2. The molecule has 0 atom stereocenters. The summed E-state index contributed by atoms with van der Waals surface area (Å²) in [6.45, 7) is 6.77. The van der Waals surface area contributed by atoms with Crippen LogP contribution in [0, 0.1) is 12.3 Å². The van der Waals surface area contributed by atoms with Crippen LogP contribution in [-0.4, -0.2) is 44.2 Å². The lowest BCUT2D eigenvalue weighted by Gasteiger charge is -2.30. The summed E-state index contributed by atoms with van der Waals surface area (Å²) < 4.78 is 47.2. The van der Waals surface area contributed by atoms with Gasteiger partial charge in [-0.15, -0.1) is 13.2 Å². The lowest BCUT2D eigenvalue weighted by atomic mass is 10.0. The summed E-state index contributed by atoms with van der Waals surface area (Å²) in [5, 5.41) is 8.16. The van der Waals surface area contributed by atoms with Gasteiger partial charge in [-0.3, -0.25) is 5.41 Å². The van der Waals surface area contributed by atoms with Crippen LogP contribution >= 0.6 is 0 Å². The predicted molar refractivity (Wildman–Crippen MR) is 106 cm³/mol. The molecule has 0 spiro atoms. The molecule has 0 saturated carbocycles. The highest BCUT2D eigenvalue weighted by Crippen LogP contribution is 2.27. The lowest BCUT2D eigenvalue weighted by Crippen LogP contribution is -2.36. The Morgan fingerprint density at radius 3 is 2.48 bits per heavy atom. The number of rotatable bonds is 4. The molecule has 1 saturated heterocycles. The number of amidine groups is 1. The van der Waals surface area contributed by atoms with Gasteiger partial charge in [0.05, 0.1) is 18.8 Å². The molecule has 8 heteroatoms. The highest BCUT2D eigenvalue weighted by atomic mass is 19.4. The van der Waals surface area contributed by atoms with Gasteiger partial charge in [0, 0.05) is 24.5 Å². The summed E-state index contributed by atoms with van der Waals surface area (Å²) in [6.07, 6.45) is -4.83. The van der Waals surface area contributed by atoms with Gasteiger partial charge in [-0.25, -0.2) is 4.99 Å². The van der Waals surface area contributed by atoms with E-state index in [9.17, 15) is 13.2 Å². The first-order valence-corrected chi connectivity index (χ1v) is 9.17. The molecule has 1 aliphatic rings. The fourth-order valence-corrected chi connectivity index (χ4v) is 3.21. The Labute approximate surface area is 167 Å². The summed E-state index contributed by atoms with van der Waals surface area (Å²) in [5.41, 5.74) is 3.49. The molecule has 154 valence electrons. The summed E-state index contributed by atoms with van der Waals surface area (Å²) in [6, 6.07) is 11.4. The first-order valence-electron chi connectivity index (χ1n) is 9.17. The highest BCUT2D eigenvalue weighted by molar-refractivity contribution is 6.11. The van der Waals surface area contributed by atoms with Crippen molar-refractivity contribution >= 4 is 17.2 Å². The topological polar surface area (TPSA) is 57.9 Å². The number of nitrogens with zero attached hydrogens (tertiary/aromatic N) is 2. The molecule has 2 aromatic carbocycles. The first-order chi connectivity index (χ1) is 13.7. The van der Waals surface area contributed by atoms with Crippen LogP contribution in [0.25, 0.3) is 0 Å². The van der Waals surface area contributed by atoms with Crippen LogP contribution in [0.4, 0.5) is 18.9 Å². The monoisotopic (exact) mass is 405 g/mol. The maximum absolute atomic E-state index is 12.6. The van der Waals surface area contributed by atoms with Crippen molar-refractivity contribution < 1.29 is 22.6 Å². The van der Waals surface area contributed by atoms with E-state index in [1.54, 1.807) is 13.0 Å². The Balaban J connectivity index is 1.82. The number of aliphatic imine (C=N–C) groups is 1. The van der Waals surface area contributed by atoms with E-state index in [-0.39, 0.29) is 11.4 Å². The summed E-state index contributed by atoms with van der Waals surface area (Å²) in [4.78, 5) is 6.46. The minimum atomic E-state index is -4.83. The van der Waals surface area contributed by atoms with E-state index < -0.39 is 12.1 Å². The van der Waals surface area contributed by atoms with Crippen molar-refractivity contribution in [2.75, 3.05) is 31.2 Å². The SMILES string of the molecule is CC(=NC(=N)c1ccccc1OC(F)(F)F)c1ccc(N2CCOCC2)c(C)c1. The normalized spacial score (nSPS) is 15.3. The third-order valence-corrected chi connectivity index (χ3v) is 4.61. The Bertz CT molecular complexity index is 920. The molecule has 0 bridgehead atoms. The molecule has 1 fully saturated rings. The Hall–Kier alpha value is -2.87. The third-order valence-electron chi connectivity index (χ3n) is 4.61. The van der Waals surface area contributed by atoms with Crippen LogP contribution in [0.15, 0.2) is 47.5 Å². The van der Waals surface area contributed by atoms with Crippen molar-refractivity contribution in [3.63, 3.8) is 0 Å². The number of aryl methyl sites for hydroxylation is 1. The predicted octanol–water partition coefficient (Wildman–Crippen LogP) is 4.56. The van der Waals surface area contributed by atoms with Crippen molar-refractivity contribution in [3.05, 3.63) is 59.2 Å². The number of para-hydroxylation sites is 1. The standard InChI is InChI=1S/C21H22F3N3O2/c1-14-13-16(7-8-18(14)27-9-11-28-12-10-27)15(2)26-20(25)17-5-3-4-6-19(17)29-21(22,23)24/h3-8,13,25H,9-12H2,1-2H3. The zero-order valence-electron chi connectivity index (χ0n) is 16.2. The third kappa shape index (κ3) is 5.35. The molecule has 1 heterocycles. The van der Waals surface area contributed by atoms with Gasteiger partial charge < -0.3 is 14.4 Å². The maximum atomic E-state index is 12.6. The Morgan fingerprint density at radius 1 is 1.14 bits per heavy atom. The van der Waals surface area contributed by atoms with Gasteiger partial charge in [0.2, 0.25) is 0 Å². The summed E-state index contributed by atoms with van der Waals surface area (Å²) >= 11 is 0. The first kappa shape index (κ1) is 20.9. The van der Waals surface area contributed by atoms with Crippen LogP contribution < -0.4 is 9.64 Å². The molecule has 0 unspecified atom stereocenters. The number of hydrogen-bond donors (Lipinski definition) is 1. The van der Waals surface area contributed by atoms with E-state index in [2.05, 4.69) is 14.6 Å². The van der Waals surface area contributed by atoms with E-state index in [1.165, 1.54) is 18.2 Å². The molecule has 0 aliphatic carbocycles. The lowest BCUT2D eigenvalue weighted by molar-refractivity contribution is -0.274. The maximum Gasteiger partial charge on any atom is 0.573 e. The van der Waals surface area contributed by atoms with Crippen molar-refractivity contribution in [3.8, 4) is 5.75 Å². The van der Waals surface area contributed by atoms with E-state index in [0.717, 1.165) is 29.9 Å².